The highest BCUT2D eigenvalue weighted by molar-refractivity contribution is 5.97. The maximum absolute atomic E-state index is 13.0. The average molecular weight is 486 g/mol. The lowest BCUT2D eigenvalue weighted by molar-refractivity contribution is 0.0951. The number of aromatic nitrogens is 5. The summed E-state index contributed by atoms with van der Waals surface area (Å²) < 4.78 is 3.90. The molecule has 2 aromatic carbocycles. The molecule has 0 fully saturated rings. The molecule has 0 spiro atoms. The zero-order valence-electron chi connectivity index (χ0n) is 19.8. The summed E-state index contributed by atoms with van der Waals surface area (Å²) in [4.78, 5) is 26.6. The van der Waals surface area contributed by atoms with Crippen LogP contribution in [0.15, 0.2) is 110 Å². The Morgan fingerprint density at radius 3 is 2.41 bits per heavy atom. The monoisotopic (exact) mass is 485 g/mol. The lowest BCUT2D eigenvalue weighted by Crippen LogP contribution is -2.24. The summed E-state index contributed by atoms with van der Waals surface area (Å²) in [6.45, 7) is 0.393. The second-order valence-electron chi connectivity index (χ2n) is 8.51. The van der Waals surface area contributed by atoms with Crippen LogP contribution < -0.4 is 11.1 Å². The van der Waals surface area contributed by atoms with Gasteiger partial charge < -0.3 is 15.6 Å². The molecule has 0 radical (unpaired) electrons. The molecule has 6 aromatic rings. The minimum absolute atomic E-state index is 0.132. The number of para-hydroxylation sites is 1. The molecule has 0 saturated carbocycles. The van der Waals surface area contributed by atoms with Crippen LogP contribution in [-0.2, 0) is 6.54 Å². The molecule has 8 nitrogen and oxygen atoms in total. The van der Waals surface area contributed by atoms with Crippen LogP contribution in [-0.4, -0.2) is 30.0 Å². The highest BCUT2D eigenvalue weighted by Crippen LogP contribution is 2.30. The van der Waals surface area contributed by atoms with Gasteiger partial charge in [-0.15, -0.1) is 0 Å². The molecule has 0 saturated heterocycles. The highest BCUT2D eigenvalue weighted by atomic mass is 16.1. The summed E-state index contributed by atoms with van der Waals surface area (Å²) in [5.74, 6) is 0.938. The Morgan fingerprint density at radius 1 is 0.838 bits per heavy atom. The molecule has 180 valence electrons. The minimum atomic E-state index is -0.132. The summed E-state index contributed by atoms with van der Waals surface area (Å²) in [5, 5.41) is 3.04. The van der Waals surface area contributed by atoms with Gasteiger partial charge in [0.1, 0.15) is 11.3 Å². The van der Waals surface area contributed by atoms with E-state index >= 15 is 0 Å². The van der Waals surface area contributed by atoms with Crippen LogP contribution in [0, 0.1) is 0 Å². The largest absolute Gasteiger partial charge is 0.383 e. The quantitative estimate of drug-likeness (QED) is 0.353. The number of hydrogen-bond donors (Lipinski definition) is 2. The molecule has 6 rings (SSSR count). The molecule has 0 bridgehead atoms. The van der Waals surface area contributed by atoms with Gasteiger partial charge in [0, 0.05) is 37.0 Å². The second kappa shape index (κ2) is 9.43. The second-order valence-corrected chi connectivity index (χ2v) is 8.51. The number of carbonyl (C=O) groups is 1. The van der Waals surface area contributed by atoms with E-state index in [4.69, 9.17) is 10.7 Å². The van der Waals surface area contributed by atoms with Crippen LogP contribution in [0.5, 0.6) is 0 Å². The van der Waals surface area contributed by atoms with E-state index in [1.807, 2.05) is 106 Å². The fraction of sp³-hybridized carbons (Fsp3) is 0.0345. The first-order valence-electron chi connectivity index (χ1n) is 11.8. The van der Waals surface area contributed by atoms with Crippen molar-refractivity contribution in [3.05, 3.63) is 121 Å². The van der Waals surface area contributed by atoms with Crippen molar-refractivity contribution in [1.82, 2.24) is 29.4 Å². The zero-order valence-corrected chi connectivity index (χ0v) is 19.8. The van der Waals surface area contributed by atoms with E-state index in [0.29, 0.717) is 23.8 Å². The summed E-state index contributed by atoms with van der Waals surface area (Å²) >= 11 is 0. The molecule has 3 N–H and O–H groups in total. The lowest BCUT2D eigenvalue weighted by atomic mass is 10.1. The number of imidazole rings is 1. The molecule has 4 heterocycles. The molecule has 0 atom stereocenters. The van der Waals surface area contributed by atoms with E-state index < -0.39 is 0 Å². The number of nitrogens with two attached hydrogens (primary N) is 1. The number of rotatable bonds is 6. The molecular formula is C29H23N7O. The standard InChI is InChI=1S/C29H23N7O/c30-26-23(8-5-15-31-26)27-34-24-9-6-16-32-28(24)36(27)21-13-11-20(12-14-21)19-33-29(37)22-7-1-2-10-25(22)35-17-3-4-18-35/h1-18H,19H2,(H2,30,31)(H,33,37). The topological polar surface area (TPSA) is 104 Å². The Labute approximate surface area is 213 Å². The van der Waals surface area contributed by atoms with E-state index in [0.717, 1.165) is 33.7 Å². The van der Waals surface area contributed by atoms with Gasteiger partial charge in [0.05, 0.1) is 16.8 Å². The Balaban J connectivity index is 1.27. The Kier molecular flexibility index (Phi) is 5.67. The summed E-state index contributed by atoms with van der Waals surface area (Å²) in [6.07, 6.45) is 7.25. The number of hydrogen-bond acceptors (Lipinski definition) is 5. The van der Waals surface area contributed by atoms with E-state index in [1.165, 1.54) is 0 Å². The summed E-state index contributed by atoms with van der Waals surface area (Å²) in [7, 11) is 0. The van der Waals surface area contributed by atoms with Gasteiger partial charge in [-0.3, -0.25) is 9.36 Å². The number of carbonyl (C=O) groups excluding carboxylic acids is 1. The normalized spacial score (nSPS) is 11.0. The third kappa shape index (κ3) is 4.21. The molecule has 1 amide bonds. The number of nitrogens with zero attached hydrogens (tertiary/aromatic N) is 5. The van der Waals surface area contributed by atoms with Crippen LogP contribution in [0.1, 0.15) is 15.9 Å². The maximum atomic E-state index is 13.0. The maximum Gasteiger partial charge on any atom is 0.253 e. The molecule has 0 aliphatic rings. The number of pyridine rings is 2. The number of nitrogen functional groups attached to an aromatic ring is 1. The predicted molar refractivity (Wildman–Crippen MR) is 143 cm³/mol. The SMILES string of the molecule is Nc1ncccc1-c1nc2cccnc2n1-c1ccc(CNC(=O)c2ccccc2-n2cccc2)cc1. The van der Waals surface area contributed by atoms with E-state index in [-0.39, 0.29) is 5.91 Å². The number of amides is 1. The minimum Gasteiger partial charge on any atom is -0.383 e. The number of fused-ring (bicyclic) bond motifs is 1. The first kappa shape index (κ1) is 22.2. The van der Waals surface area contributed by atoms with Crippen molar-refractivity contribution in [3.8, 4) is 22.8 Å². The molecule has 8 heteroatoms. The zero-order chi connectivity index (χ0) is 25.2. The van der Waals surface area contributed by atoms with Crippen molar-refractivity contribution in [2.75, 3.05) is 5.73 Å². The number of benzene rings is 2. The van der Waals surface area contributed by atoms with Crippen molar-refractivity contribution >= 4 is 22.9 Å². The van der Waals surface area contributed by atoms with Crippen LogP contribution >= 0.6 is 0 Å². The first-order chi connectivity index (χ1) is 18.2. The van der Waals surface area contributed by atoms with E-state index in [9.17, 15) is 4.79 Å². The van der Waals surface area contributed by atoms with Crippen LogP contribution in [0.4, 0.5) is 5.82 Å². The van der Waals surface area contributed by atoms with Gasteiger partial charge in [-0.05, 0) is 66.2 Å². The number of nitrogens with one attached hydrogen (secondary N) is 1. The van der Waals surface area contributed by atoms with E-state index in [2.05, 4.69) is 15.3 Å². The molecular weight excluding hydrogens is 462 g/mol. The highest BCUT2D eigenvalue weighted by Gasteiger charge is 2.17. The molecule has 0 aliphatic carbocycles. The predicted octanol–water partition coefficient (Wildman–Crippen LogP) is 4.79. The van der Waals surface area contributed by atoms with Gasteiger partial charge in [0.25, 0.3) is 5.91 Å². The molecule has 0 unspecified atom stereocenters. The first-order valence-corrected chi connectivity index (χ1v) is 11.8. The van der Waals surface area contributed by atoms with Crippen LogP contribution in [0.2, 0.25) is 0 Å². The van der Waals surface area contributed by atoms with Gasteiger partial charge in [-0.1, -0.05) is 24.3 Å². The molecule has 4 aromatic heterocycles. The van der Waals surface area contributed by atoms with Crippen molar-refractivity contribution < 1.29 is 4.79 Å². The number of anilines is 1. The van der Waals surface area contributed by atoms with Crippen molar-refractivity contribution in [1.29, 1.82) is 0 Å². The molecule has 0 aliphatic heterocycles. The average Bonchev–Trinajstić information content (AvgIpc) is 3.61. The van der Waals surface area contributed by atoms with Gasteiger partial charge in [0.2, 0.25) is 0 Å². The lowest BCUT2D eigenvalue weighted by Gasteiger charge is -2.12. The van der Waals surface area contributed by atoms with Crippen LogP contribution in [0.3, 0.4) is 0 Å². The molecule has 37 heavy (non-hydrogen) atoms. The van der Waals surface area contributed by atoms with E-state index in [1.54, 1.807) is 12.4 Å². The fourth-order valence-electron chi connectivity index (χ4n) is 4.37. The summed E-state index contributed by atoms with van der Waals surface area (Å²) in [6, 6.07) is 26.9. The van der Waals surface area contributed by atoms with Gasteiger partial charge in [-0.25, -0.2) is 15.0 Å². The Morgan fingerprint density at radius 2 is 1.59 bits per heavy atom. The van der Waals surface area contributed by atoms with Crippen molar-refractivity contribution in [2.45, 2.75) is 6.54 Å². The van der Waals surface area contributed by atoms with Gasteiger partial charge in [0.15, 0.2) is 11.5 Å². The van der Waals surface area contributed by atoms with Crippen molar-refractivity contribution in [3.63, 3.8) is 0 Å². The van der Waals surface area contributed by atoms with Crippen molar-refractivity contribution in [2.24, 2.45) is 0 Å². The Bertz CT molecular complexity index is 1700. The van der Waals surface area contributed by atoms with Gasteiger partial charge >= 0.3 is 0 Å². The third-order valence-corrected chi connectivity index (χ3v) is 6.17. The van der Waals surface area contributed by atoms with Gasteiger partial charge in [-0.2, -0.15) is 0 Å². The van der Waals surface area contributed by atoms with Crippen LogP contribution in [0.25, 0.3) is 33.9 Å². The Hall–Kier alpha value is -5.24. The fourth-order valence-corrected chi connectivity index (χ4v) is 4.37. The summed E-state index contributed by atoms with van der Waals surface area (Å²) in [5.41, 5.74) is 11.7. The smallest absolute Gasteiger partial charge is 0.253 e. The third-order valence-electron chi connectivity index (χ3n) is 6.17.